The first-order valence-electron chi connectivity index (χ1n) is 10.3. The van der Waals surface area contributed by atoms with Crippen LogP contribution in [0.5, 0.6) is 0 Å². The lowest BCUT2D eigenvalue weighted by Gasteiger charge is -2.34. The van der Waals surface area contributed by atoms with Crippen molar-refractivity contribution in [3.8, 4) is 0 Å². The van der Waals surface area contributed by atoms with Gasteiger partial charge in [-0.25, -0.2) is 4.98 Å². The highest BCUT2D eigenvalue weighted by Crippen LogP contribution is 2.35. The molecule has 0 N–H and O–H groups in total. The van der Waals surface area contributed by atoms with Gasteiger partial charge >= 0.3 is 6.18 Å². The standard InChI is InChI=1S/C20H26ClF3N4O/c21-17-11-15(20(22,23)24)12-25-18(17)27-8-3-14(4-9-27)19(29)28-10-5-16(13-28)26-6-1-2-7-26/h11-12,14,16H,1-10,13H2. The average molecular weight is 431 g/mol. The van der Waals surface area contributed by atoms with Gasteiger partial charge in [-0.2, -0.15) is 13.2 Å². The summed E-state index contributed by atoms with van der Waals surface area (Å²) < 4.78 is 38.4. The molecule has 4 heterocycles. The molecule has 0 aromatic carbocycles. The minimum atomic E-state index is -4.46. The number of rotatable bonds is 3. The van der Waals surface area contributed by atoms with Crippen LogP contribution in [0.3, 0.4) is 0 Å². The van der Waals surface area contributed by atoms with Gasteiger partial charge in [0, 0.05) is 44.3 Å². The Morgan fingerprint density at radius 3 is 2.38 bits per heavy atom. The fraction of sp³-hybridized carbons (Fsp3) is 0.700. The Kier molecular flexibility index (Phi) is 5.93. The number of likely N-dealkylation sites (tertiary alicyclic amines) is 2. The van der Waals surface area contributed by atoms with E-state index in [-0.39, 0.29) is 16.8 Å². The molecule has 3 fully saturated rings. The van der Waals surface area contributed by atoms with Gasteiger partial charge in [-0.15, -0.1) is 0 Å². The summed E-state index contributed by atoms with van der Waals surface area (Å²) in [4.78, 5) is 23.3. The number of pyridine rings is 1. The summed E-state index contributed by atoms with van der Waals surface area (Å²) in [5.41, 5.74) is -0.849. The zero-order valence-electron chi connectivity index (χ0n) is 16.3. The van der Waals surface area contributed by atoms with Crippen LogP contribution < -0.4 is 4.90 Å². The number of hydrogen-bond donors (Lipinski definition) is 0. The van der Waals surface area contributed by atoms with Crippen molar-refractivity contribution in [2.24, 2.45) is 5.92 Å². The number of carbonyl (C=O) groups excluding carboxylic acids is 1. The molecule has 1 aromatic heterocycles. The van der Waals surface area contributed by atoms with Crippen LogP contribution in [0.4, 0.5) is 19.0 Å². The molecule has 1 aromatic rings. The Labute approximate surface area is 173 Å². The molecule has 3 aliphatic heterocycles. The van der Waals surface area contributed by atoms with Crippen molar-refractivity contribution in [1.82, 2.24) is 14.8 Å². The van der Waals surface area contributed by atoms with Gasteiger partial charge in [0.05, 0.1) is 10.6 Å². The van der Waals surface area contributed by atoms with Crippen LogP contribution in [0.15, 0.2) is 12.3 Å². The summed E-state index contributed by atoms with van der Waals surface area (Å²) in [5.74, 6) is 0.551. The SMILES string of the molecule is O=C(C1CCN(c2ncc(C(F)(F)F)cc2Cl)CC1)N1CCC(N2CCCC2)C1. The molecule has 1 amide bonds. The highest BCUT2D eigenvalue weighted by Gasteiger charge is 2.36. The van der Waals surface area contributed by atoms with Gasteiger partial charge in [-0.1, -0.05) is 11.6 Å². The average Bonchev–Trinajstić information content (AvgIpc) is 3.38. The zero-order chi connectivity index (χ0) is 20.6. The van der Waals surface area contributed by atoms with Gasteiger partial charge < -0.3 is 9.80 Å². The third-order valence-electron chi connectivity index (χ3n) is 6.42. The van der Waals surface area contributed by atoms with Gasteiger partial charge in [-0.05, 0) is 51.3 Å². The van der Waals surface area contributed by atoms with Crippen molar-refractivity contribution in [1.29, 1.82) is 0 Å². The van der Waals surface area contributed by atoms with Crippen LogP contribution >= 0.6 is 11.6 Å². The topological polar surface area (TPSA) is 39.7 Å². The lowest BCUT2D eigenvalue weighted by atomic mass is 9.95. The maximum absolute atomic E-state index is 12.9. The van der Waals surface area contributed by atoms with Crippen molar-refractivity contribution < 1.29 is 18.0 Å². The molecule has 0 saturated carbocycles. The van der Waals surface area contributed by atoms with Gasteiger partial charge in [0.25, 0.3) is 0 Å². The van der Waals surface area contributed by atoms with Gasteiger partial charge in [0.2, 0.25) is 5.91 Å². The third kappa shape index (κ3) is 4.48. The Bertz CT molecular complexity index is 746. The number of hydrogen-bond acceptors (Lipinski definition) is 4. The van der Waals surface area contributed by atoms with Crippen LogP contribution in [-0.4, -0.2) is 66.0 Å². The van der Waals surface area contributed by atoms with E-state index in [0.717, 1.165) is 44.9 Å². The first-order valence-corrected chi connectivity index (χ1v) is 10.7. The number of halogens is 4. The molecule has 3 aliphatic rings. The van der Waals surface area contributed by atoms with E-state index in [1.807, 2.05) is 9.80 Å². The highest BCUT2D eigenvalue weighted by molar-refractivity contribution is 6.33. The molecule has 0 aliphatic carbocycles. The number of amides is 1. The van der Waals surface area contributed by atoms with Crippen molar-refractivity contribution in [3.63, 3.8) is 0 Å². The van der Waals surface area contributed by atoms with E-state index in [0.29, 0.717) is 37.8 Å². The van der Waals surface area contributed by atoms with Crippen molar-refractivity contribution in [3.05, 3.63) is 22.8 Å². The molecule has 0 bridgehead atoms. The van der Waals surface area contributed by atoms with Crippen LogP contribution in [0, 0.1) is 5.92 Å². The van der Waals surface area contributed by atoms with E-state index in [4.69, 9.17) is 11.6 Å². The van der Waals surface area contributed by atoms with Crippen molar-refractivity contribution in [2.75, 3.05) is 44.2 Å². The number of alkyl halides is 3. The Morgan fingerprint density at radius 2 is 1.76 bits per heavy atom. The minimum Gasteiger partial charge on any atom is -0.355 e. The molecular weight excluding hydrogens is 405 g/mol. The lowest BCUT2D eigenvalue weighted by Crippen LogP contribution is -2.43. The monoisotopic (exact) mass is 430 g/mol. The van der Waals surface area contributed by atoms with Gasteiger partial charge in [-0.3, -0.25) is 9.69 Å². The van der Waals surface area contributed by atoms with Gasteiger partial charge in [0.1, 0.15) is 5.82 Å². The second-order valence-corrected chi connectivity index (χ2v) is 8.67. The summed E-state index contributed by atoms with van der Waals surface area (Å²) in [7, 11) is 0. The van der Waals surface area contributed by atoms with E-state index < -0.39 is 11.7 Å². The Hall–Kier alpha value is -1.54. The summed E-state index contributed by atoms with van der Waals surface area (Å²) in [6, 6.07) is 1.42. The molecule has 160 valence electrons. The van der Waals surface area contributed by atoms with Crippen molar-refractivity contribution in [2.45, 2.75) is 44.3 Å². The molecule has 1 unspecified atom stereocenters. The maximum Gasteiger partial charge on any atom is 0.417 e. The number of nitrogens with zero attached hydrogens (tertiary/aromatic N) is 4. The normalized spacial score (nSPS) is 24.5. The molecule has 1 atom stereocenters. The number of aromatic nitrogens is 1. The first kappa shape index (κ1) is 20.7. The molecule has 5 nitrogen and oxygen atoms in total. The smallest absolute Gasteiger partial charge is 0.355 e. The maximum atomic E-state index is 12.9. The van der Waals surface area contributed by atoms with Crippen LogP contribution in [0.1, 0.15) is 37.7 Å². The second kappa shape index (κ2) is 8.30. The van der Waals surface area contributed by atoms with E-state index in [2.05, 4.69) is 9.88 Å². The molecule has 29 heavy (non-hydrogen) atoms. The van der Waals surface area contributed by atoms with Crippen LogP contribution in [-0.2, 0) is 11.0 Å². The highest BCUT2D eigenvalue weighted by atomic mass is 35.5. The number of carbonyl (C=O) groups is 1. The molecule has 4 rings (SSSR count). The summed E-state index contributed by atoms with van der Waals surface area (Å²) in [6.45, 7) is 5.07. The Morgan fingerprint density at radius 1 is 1.07 bits per heavy atom. The zero-order valence-corrected chi connectivity index (χ0v) is 17.1. The summed E-state index contributed by atoms with van der Waals surface area (Å²) in [6.07, 6.45) is 1.26. The fourth-order valence-corrected chi connectivity index (χ4v) is 5.05. The lowest BCUT2D eigenvalue weighted by molar-refractivity contribution is -0.138. The Balaban J connectivity index is 1.32. The summed E-state index contributed by atoms with van der Waals surface area (Å²) in [5, 5.41) is -0.00222. The summed E-state index contributed by atoms with van der Waals surface area (Å²) >= 11 is 6.07. The van der Waals surface area contributed by atoms with Crippen molar-refractivity contribution >= 4 is 23.3 Å². The molecule has 0 radical (unpaired) electrons. The largest absolute Gasteiger partial charge is 0.417 e. The van der Waals surface area contributed by atoms with E-state index >= 15 is 0 Å². The van der Waals surface area contributed by atoms with E-state index in [1.165, 1.54) is 12.8 Å². The predicted octanol–water partition coefficient (Wildman–Crippen LogP) is 3.67. The molecule has 3 saturated heterocycles. The second-order valence-electron chi connectivity index (χ2n) is 8.26. The predicted molar refractivity (Wildman–Crippen MR) is 105 cm³/mol. The van der Waals surface area contributed by atoms with E-state index in [1.54, 1.807) is 0 Å². The van der Waals surface area contributed by atoms with Crippen LogP contribution in [0.25, 0.3) is 0 Å². The minimum absolute atomic E-state index is 0.00222. The first-order chi connectivity index (χ1) is 13.8. The fourth-order valence-electron chi connectivity index (χ4n) is 4.76. The van der Waals surface area contributed by atoms with Crippen LogP contribution in [0.2, 0.25) is 5.02 Å². The molecular formula is C20H26ClF3N4O. The van der Waals surface area contributed by atoms with Gasteiger partial charge in [0.15, 0.2) is 0 Å². The molecule has 9 heteroatoms. The number of piperidine rings is 1. The third-order valence-corrected chi connectivity index (χ3v) is 6.70. The molecule has 0 spiro atoms. The number of anilines is 1. The van der Waals surface area contributed by atoms with E-state index in [9.17, 15) is 18.0 Å². The quantitative estimate of drug-likeness (QED) is 0.733.